The van der Waals surface area contributed by atoms with Crippen LogP contribution in [0, 0.1) is 5.82 Å². The van der Waals surface area contributed by atoms with Crippen LogP contribution in [-0.4, -0.2) is 13.7 Å². The van der Waals surface area contributed by atoms with E-state index in [1.807, 2.05) is 36.4 Å². The van der Waals surface area contributed by atoms with E-state index in [1.165, 1.54) is 11.6 Å². The third-order valence-corrected chi connectivity index (χ3v) is 4.36. The van der Waals surface area contributed by atoms with Crippen LogP contribution in [0.1, 0.15) is 16.7 Å². The Bertz CT molecular complexity index is 852. The zero-order valence-electron chi connectivity index (χ0n) is 15.5. The highest BCUT2D eigenvalue weighted by atomic mass is 19.1. The molecule has 1 N–H and O–H groups in total. The van der Waals surface area contributed by atoms with Gasteiger partial charge in [0, 0.05) is 17.7 Å². The molecule has 0 heterocycles. The number of hydrogen-bond acceptors (Lipinski definition) is 3. The van der Waals surface area contributed by atoms with Crippen LogP contribution < -0.4 is 14.8 Å². The summed E-state index contributed by atoms with van der Waals surface area (Å²) in [5.41, 5.74) is 2.80. The van der Waals surface area contributed by atoms with E-state index in [9.17, 15) is 4.39 Å². The number of benzene rings is 3. The SMILES string of the molecule is COc1cccc(CNCCc2ccccc2)c1OCc1ccccc1F. The first-order valence-corrected chi connectivity index (χ1v) is 9.04. The molecule has 0 fully saturated rings. The molecule has 140 valence electrons. The van der Waals surface area contributed by atoms with Crippen molar-refractivity contribution in [2.45, 2.75) is 19.6 Å². The van der Waals surface area contributed by atoms with Crippen molar-refractivity contribution in [2.75, 3.05) is 13.7 Å². The van der Waals surface area contributed by atoms with E-state index in [2.05, 4.69) is 17.4 Å². The predicted molar refractivity (Wildman–Crippen MR) is 106 cm³/mol. The minimum Gasteiger partial charge on any atom is -0.493 e. The van der Waals surface area contributed by atoms with Crippen molar-refractivity contribution >= 4 is 0 Å². The number of rotatable bonds is 9. The second-order valence-corrected chi connectivity index (χ2v) is 6.24. The van der Waals surface area contributed by atoms with Crippen molar-refractivity contribution in [3.05, 3.63) is 95.3 Å². The molecular formula is C23H24FNO2. The van der Waals surface area contributed by atoms with Gasteiger partial charge in [-0.05, 0) is 30.7 Å². The van der Waals surface area contributed by atoms with Crippen molar-refractivity contribution in [3.8, 4) is 11.5 Å². The molecule has 0 aliphatic rings. The lowest BCUT2D eigenvalue weighted by molar-refractivity contribution is 0.276. The third kappa shape index (κ3) is 5.31. The zero-order chi connectivity index (χ0) is 18.9. The fourth-order valence-electron chi connectivity index (χ4n) is 2.89. The van der Waals surface area contributed by atoms with Gasteiger partial charge >= 0.3 is 0 Å². The summed E-state index contributed by atoms with van der Waals surface area (Å²) in [6.07, 6.45) is 0.955. The molecule has 3 nitrogen and oxygen atoms in total. The average molecular weight is 365 g/mol. The molecule has 3 aromatic carbocycles. The van der Waals surface area contributed by atoms with E-state index in [4.69, 9.17) is 9.47 Å². The monoisotopic (exact) mass is 365 g/mol. The number of ether oxygens (including phenoxy) is 2. The summed E-state index contributed by atoms with van der Waals surface area (Å²) in [6, 6.07) is 22.8. The van der Waals surface area contributed by atoms with Crippen molar-refractivity contribution in [3.63, 3.8) is 0 Å². The Morgan fingerprint density at radius 3 is 2.37 bits per heavy atom. The first-order valence-electron chi connectivity index (χ1n) is 9.04. The summed E-state index contributed by atoms with van der Waals surface area (Å²) in [5.74, 6) is 1.03. The van der Waals surface area contributed by atoms with E-state index in [0.29, 0.717) is 23.6 Å². The normalized spacial score (nSPS) is 10.6. The second-order valence-electron chi connectivity index (χ2n) is 6.24. The van der Waals surface area contributed by atoms with Crippen LogP contribution in [-0.2, 0) is 19.6 Å². The van der Waals surface area contributed by atoms with Gasteiger partial charge in [-0.2, -0.15) is 0 Å². The van der Waals surface area contributed by atoms with Gasteiger partial charge in [0.05, 0.1) is 7.11 Å². The Morgan fingerprint density at radius 2 is 1.59 bits per heavy atom. The maximum atomic E-state index is 13.9. The summed E-state index contributed by atoms with van der Waals surface area (Å²) in [6.45, 7) is 1.66. The van der Waals surface area contributed by atoms with E-state index in [1.54, 1.807) is 25.3 Å². The Balaban J connectivity index is 1.63. The summed E-state index contributed by atoms with van der Waals surface area (Å²) < 4.78 is 25.2. The van der Waals surface area contributed by atoms with Crippen LogP contribution in [0.2, 0.25) is 0 Å². The maximum Gasteiger partial charge on any atom is 0.166 e. The molecule has 0 amide bonds. The fourth-order valence-corrected chi connectivity index (χ4v) is 2.89. The summed E-state index contributed by atoms with van der Waals surface area (Å²) in [5, 5.41) is 3.44. The van der Waals surface area contributed by atoms with Gasteiger partial charge in [-0.25, -0.2) is 4.39 Å². The molecule has 0 saturated carbocycles. The second kappa shape index (κ2) is 9.74. The van der Waals surface area contributed by atoms with Gasteiger partial charge in [-0.1, -0.05) is 60.7 Å². The number of methoxy groups -OCH3 is 1. The number of hydrogen-bond donors (Lipinski definition) is 1. The average Bonchev–Trinajstić information content (AvgIpc) is 2.71. The largest absolute Gasteiger partial charge is 0.493 e. The van der Waals surface area contributed by atoms with Crippen LogP contribution in [0.3, 0.4) is 0 Å². The standard InChI is InChI=1S/C23H24FNO2/c1-26-22-13-7-11-19(16-25-15-14-18-8-3-2-4-9-18)23(22)27-17-20-10-5-6-12-21(20)24/h2-13,25H,14-17H2,1H3. The van der Waals surface area contributed by atoms with Crippen LogP contribution in [0.5, 0.6) is 11.5 Å². The van der Waals surface area contributed by atoms with Gasteiger partial charge in [0.1, 0.15) is 12.4 Å². The Morgan fingerprint density at radius 1 is 0.852 bits per heavy atom. The molecule has 0 unspecified atom stereocenters. The molecule has 3 aromatic rings. The summed E-state index contributed by atoms with van der Waals surface area (Å²) in [7, 11) is 1.61. The lowest BCUT2D eigenvalue weighted by Gasteiger charge is -2.16. The molecule has 0 aromatic heterocycles. The predicted octanol–water partition coefficient (Wildman–Crippen LogP) is 4.75. The van der Waals surface area contributed by atoms with Gasteiger partial charge in [0.15, 0.2) is 11.5 Å². The smallest absolute Gasteiger partial charge is 0.166 e. The topological polar surface area (TPSA) is 30.5 Å². The molecule has 0 aliphatic carbocycles. The molecule has 0 radical (unpaired) electrons. The lowest BCUT2D eigenvalue weighted by atomic mass is 10.1. The van der Waals surface area contributed by atoms with Crippen molar-refractivity contribution < 1.29 is 13.9 Å². The number of para-hydroxylation sites is 1. The Kier molecular flexibility index (Phi) is 6.83. The minimum atomic E-state index is -0.269. The van der Waals surface area contributed by atoms with Crippen LogP contribution in [0.4, 0.5) is 4.39 Å². The maximum absolute atomic E-state index is 13.9. The van der Waals surface area contributed by atoms with E-state index >= 15 is 0 Å². The van der Waals surface area contributed by atoms with Crippen molar-refractivity contribution in [1.29, 1.82) is 0 Å². The van der Waals surface area contributed by atoms with E-state index in [-0.39, 0.29) is 12.4 Å². The Hall–Kier alpha value is -2.85. The van der Waals surface area contributed by atoms with Gasteiger partial charge in [-0.15, -0.1) is 0 Å². The molecule has 0 bridgehead atoms. The van der Waals surface area contributed by atoms with Gasteiger partial charge in [0.2, 0.25) is 0 Å². The van der Waals surface area contributed by atoms with Crippen LogP contribution >= 0.6 is 0 Å². The summed E-state index contributed by atoms with van der Waals surface area (Å²) in [4.78, 5) is 0. The molecule has 0 spiro atoms. The third-order valence-electron chi connectivity index (χ3n) is 4.36. The quantitative estimate of drug-likeness (QED) is 0.555. The first-order chi connectivity index (χ1) is 13.3. The lowest BCUT2D eigenvalue weighted by Crippen LogP contribution is -2.17. The number of nitrogens with one attached hydrogen (secondary N) is 1. The van der Waals surface area contributed by atoms with Gasteiger partial charge in [0.25, 0.3) is 0 Å². The Labute approximate surface area is 159 Å². The molecule has 0 saturated heterocycles. The molecular weight excluding hydrogens is 341 g/mol. The molecule has 27 heavy (non-hydrogen) atoms. The van der Waals surface area contributed by atoms with Gasteiger partial charge < -0.3 is 14.8 Å². The molecule has 4 heteroatoms. The van der Waals surface area contributed by atoms with Crippen LogP contribution in [0.25, 0.3) is 0 Å². The highest BCUT2D eigenvalue weighted by Gasteiger charge is 2.12. The first kappa shape index (κ1) is 18.9. The molecule has 0 aliphatic heterocycles. The zero-order valence-corrected chi connectivity index (χ0v) is 15.5. The number of halogens is 1. The fraction of sp³-hybridized carbons (Fsp3) is 0.217. The van der Waals surface area contributed by atoms with Crippen LogP contribution in [0.15, 0.2) is 72.8 Å². The molecule has 0 atom stereocenters. The summed E-state index contributed by atoms with van der Waals surface area (Å²) >= 11 is 0. The minimum absolute atomic E-state index is 0.157. The van der Waals surface area contributed by atoms with E-state index in [0.717, 1.165) is 18.5 Å². The molecule has 3 rings (SSSR count). The van der Waals surface area contributed by atoms with E-state index < -0.39 is 0 Å². The van der Waals surface area contributed by atoms with Crippen molar-refractivity contribution in [2.24, 2.45) is 0 Å². The highest BCUT2D eigenvalue weighted by molar-refractivity contribution is 5.46. The highest BCUT2D eigenvalue weighted by Crippen LogP contribution is 2.32. The van der Waals surface area contributed by atoms with Crippen molar-refractivity contribution in [1.82, 2.24) is 5.32 Å². The van der Waals surface area contributed by atoms with Gasteiger partial charge in [-0.3, -0.25) is 0 Å².